The summed E-state index contributed by atoms with van der Waals surface area (Å²) in [4.78, 5) is 15.7. The van der Waals surface area contributed by atoms with Crippen molar-refractivity contribution < 1.29 is 12.8 Å². The van der Waals surface area contributed by atoms with E-state index in [0.717, 1.165) is 65.7 Å². The van der Waals surface area contributed by atoms with Crippen molar-refractivity contribution in [3.63, 3.8) is 0 Å². The van der Waals surface area contributed by atoms with Crippen molar-refractivity contribution in [2.45, 2.75) is 9.79 Å². The highest BCUT2D eigenvalue weighted by Crippen LogP contribution is 2.44. The van der Waals surface area contributed by atoms with E-state index in [-0.39, 0.29) is 4.90 Å². The van der Waals surface area contributed by atoms with E-state index in [1.807, 2.05) is 97.1 Å². The molecule has 7 heteroatoms. The van der Waals surface area contributed by atoms with E-state index in [4.69, 9.17) is 19.4 Å². The predicted octanol–water partition coefficient (Wildman–Crippen LogP) is 12.7. The molecule has 0 N–H and O–H groups in total. The Morgan fingerprint density at radius 3 is 1.48 bits per heavy atom. The number of nitrogens with zero attached hydrogens (tertiary/aromatic N) is 3. The minimum absolute atomic E-state index is 0.246. The maximum Gasteiger partial charge on any atom is 0.207 e. The summed E-state index contributed by atoms with van der Waals surface area (Å²) in [6.07, 6.45) is 0. The normalized spacial score (nSPS) is 12.8. The summed E-state index contributed by atoms with van der Waals surface area (Å²) >= 11 is 0. The van der Waals surface area contributed by atoms with Gasteiger partial charge >= 0.3 is 0 Å². The highest BCUT2D eigenvalue weighted by Gasteiger charge is 2.33. The van der Waals surface area contributed by atoms with Crippen LogP contribution in [0.25, 0.3) is 99.9 Å². The highest BCUT2D eigenvalue weighted by molar-refractivity contribution is 7.92. The van der Waals surface area contributed by atoms with Gasteiger partial charge in [-0.1, -0.05) is 158 Å². The molecule has 2 aromatic heterocycles. The summed E-state index contributed by atoms with van der Waals surface area (Å²) in [5.74, 6) is 1.30. The number of hydrogen-bond acceptors (Lipinski definition) is 6. The lowest BCUT2D eigenvalue weighted by molar-refractivity contribution is 0.598. The molecular weight excluding hydrogens is 735 g/mol. The van der Waals surface area contributed by atoms with Gasteiger partial charge in [0.2, 0.25) is 9.84 Å². The number of benzene rings is 8. The number of aromatic nitrogens is 3. The van der Waals surface area contributed by atoms with E-state index in [1.165, 1.54) is 0 Å². The zero-order valence-electron chi connectivity index (χ0n) is 30.9. The fraction of sp³-hybridized carbons (Fsp3) is 0. The molecule has 3 heterocycles. The Balaban J connectivity index is 1.16. The van der Waals surface area contributed by atoms with E-state index in [0.29, 0.717) is 39.1 Å². The van der Waals surface area contributed by atoms with Gasteiger partial charge in [0.05, 0.1) is 9.79 Å². The lowest BCUT2D eigenvalue weighted by Crippen LogP contribution is -2.01. The molecule has 0 spiro atoms. The monoisotopic (exact) mass is 765 g/mol. The molecule has 0 atom stereocenters. The van der Waals surface area contributed by atoms with Gasteiger partial charge in [0.15, 0.2) is 17.5 Å². The van der Waals surface area contributed by atoms with E-state index in [1.54, 1.807) is 18.2 Å². The van der Waals surface area contributed by atoms with Crippen LogP contribution in [0.15, 0.2) is 202 Å². The highest BCUT2D eigenvalue weighted by atomic mass is 32.2. The van der Waals surface area contributed by atoms with Gasteiger partial charge in [0.25, 0.3) is 0 Å². The van der Waals surface area contributed by atoms with Crippen LogP contribution >= 0.6 is 0 Å². The van der Waals surface area contributed by atoms with E-state index >= 15 is 0 Å². The fourth-order valence-electron chi connectivity index (χ4n) is 8.12. The van der Waals surface area contributed by atoms with Crippen molar-refractivity contribution in [2.24, 2.45) is 0 Å². The Bertz CT molecular complexity index is 3470. The summed E-state index contributed by atoms with van der Waals surface area (Å²) in [6, 6.07) is 61.8. The third-order valence-corrected chi connectivity index (χ3v) is 12.8. The first-order valence-electron chi connectivity index (χ1n) is 19.0. The number of para-hydroxylation sites is 2. The number of rotatable bonds is 4. The van der Waals surface area contributed by atoms with Gasteiger partial charge in [-0.3, -0.25) is 0 Å². The second kappa shape index (κ2) is 13.3. The van der Waals surface area contributed by atoms with Crippen LogP contribution in [0.3, 0.4) is 0 Å². The molecule has 6 nitrogen and oxygen atoms in total. The summed E-state index contributed by atoms with van der Waals surface area (Å²) in [5.41, 5.74) is 7.22. The largest absolute Gasteiger partial charge is 0.456 e. The molecule has 0 aliphatic carbocycles. The molecule has 0 radical (unpaired) electrons. The quantitative estimate of drug-likeness (QED) is 0.177. The molecule has 1 aliphatic rings. The fourth-order valence-corrected chi connectivity index (χ4v) is 9.83. The van der Waals surface area contributed by atoms with Crippen LogP contribution in [-0.2, 0) is 9.84 Å². The van der Waals surface area contributed by atoms with Crippen LogP contribution in [-0.4, -0.2) is 23.4 Å². The molecule has 274 valence electrons. The van der Waals surface area contributed by atoms with Crippen LogP contribution in [0.2, 0.25) is 0 Å². The summed E-state index contributed by atoms with van der Waals surface area (Å²) in [5, 5.41) is 6.09. The van der Waals surface area contributed by atoms with E-state index in [9.17, 15) is 8.42 Å². The molecule has 0 bridgehead atoms. The molecule has 8 aromatic carbocycles. The van der Waals surface area contributed by atoms with Crippen molar-refractivity contribution in [3.8, 4) is 56.4 Å². The Labute approximate surface area is 334 Å². The van der Waals surface area contributed by atoms with Crippen molar-refractivity contribution >= 4 is 53.3 Å². The minimum atomic E-state index is -3.73. The van der Waals surface area contributed by atoms with Crippen LogP contribution in [0, 0.1) is 0 Å². The molecule has 58 heavy (non-hydrogen) atoms. The number of sulfone groups is 1. The maximum atomic E-state index is 13.8. The third-order valence-electron chi connectivity index (χ3n) is 11.0. The zero-order valence-corrected chi connectivity index (χ0v) is 31.7. The first kappa shape index (κ1) is 33.8. The van der Waals surface area contributed by atoms with E-state index < -0.39 is 9.84 Å². The van der Waals surface area contributed by atoms with Gasteiger partial charge in [-0.15, -0.1) is 0 Å². The predicted molar refractivity (Wildman–Crippen MR) is 232 cm³/mol. The summed E-state index contributed by atoms with van der Waals surface area (Å²) < 4.78 is 34.3. The van der Waals surface area contributed by atoms with Gasteiger partial charge in [0.1, 0.15) is 11.2 Å². The molecule has 0 fully saturated rings. The number of hydrogen-bond donors (Lipinski definition) is 0. The summed E-state index contributed by atoms with van der Waals surface area (Å²) in [6.45, 7) is 0. The first-order valence-corrected chi connectivity index (χ1v) is 20.5. The third kappa shape index (κ3) is 5.55. The van der Waals surface area contributed by atoms with E-state index in [2.05, 4.69) is 72.8 Å². The molecular formula is C51H31N3O3S. The van der Waals surface area contributed by atoms with Crippen molar-refractivity contribution in [1.82, 2.24) is 15.0 Å². The maximum absolute atomic E-state index is 13.8. The van der Waals surface area contributed by atoms with Gasteiger partial charge in [-0.05, 0) is 63.0 Å². The molecule has 10 aromatic rings. The SMILES string of the molecule is O=S1(=O)c2ccccc2-c2ccc(-c3nc(-c4ccc(-c5ccccc5)cc4)nc(-c4ccc5c(c4)c4ccccc4oc4ccccc4c4ccccc45)n3)cc21. The van der Waals surface area contributed by atoms with Crippen molar-refractivity contribution in [1.29, 1.82) is 0 Å². The Morgan fingerprint density at radius 1 is 0.328 bits per heavy atom. The topological polar surface area (TPSA) is 86.0 Å². The second-order valence-electron chi connectivity index (χ2n) is 14.4. The van der Waals surface area contributed by atoms with Crippen LogP contribution in [0.1, 0.15) is 0 Å². The Hall–Kier alpha value is -7.48. The Kier molecular flexibility index (Phi) is 7.77. The van der Waals surface area contributed by atoms with Crippen LogP contribution in [0.4, 0.5) is 0 Å². The molecule has 11 rings (SSSR count). The van der Waals surface area contributed by atoms with Crippen molar-refractivity contribution in [2.75, 3.05) is 0 Å². The average Bonchev–Trinajstić information content (AvgIpc) is 3.54. The van der Waals surface area contributed by atoms with Gasteiger partial charge in [-0.25, -0.2) is 23.4 Å². The van der Waals surface area contributed by atoms with Crippen LogP contribution < -0.4 is 0 Å². The van der Waals surface area contributed by atoms with Gasteiger partial charge < -0.3 is 4.42 Å². The lowest BCUT2D eigenvalue weighted by Gasteiger charge is -2.11. The molecule has 0 saturated heterocycles. The average molecular weight is 766 g/mol. The first-order chi connectivity index (χ1) is 28.5. The minimum Gasteiger partial charge on any atom is -0.456 e. The molecule has 0 unspecified atom stereocenters. The van der Waals surface area contributed by atoms with Gasteiger partial charge in [0, 0.05) is 38.6 Å². The molecule has 0 amide bonds. The lowest BCUT2D eigenvalue weighted by atomic mass is 9.99. The number of fused-ring (bicyclic) bond motifs is 10. The summed E-state index contributed by atoms with van der Waals surface area (Å²) in [7, 11) is -3.73. The smallest absolute Gasteiger partial charge is 0.207 e. The zero-order chi connectivity index (χ0) is 38.8. The van der Waals surface area contributed by atoms with Crippen LogP contribution in [0.5, 0.6) is 0 Å². The standard InChI is InChI=1S/C51H31N3O3S/c55-58(56)47-21-11-8-18-42(47)43-29-27-36(31-48(43)58)51-53-49(34-24-22-33(23-25-34)32-12-2-1-3-13-32)52-50(54-51)35-26-28-39-37-14-4-5-15-38(37)40-16-6-9-19-45(40)57-46-20-10-7-17-41(46)44(39)30-35/h1-31H. The molecule has 0 saturated carbocycles. The van der Waals surface area contributed by atoms with Gasteiger partial charge in [-0.2, -0.15) is 0 Å². The second-order valence-corrected chi connectivity index (χ2v) is 16.2. The molecule has 1 aliphatic heterocycles. The Morgan fingerprint density at radius 2 is 0.776 bits per heavy atom. The van der Waals surface area contributed by atoms with Crippen molar-refractivity contribution in [3.05, 3.63) is 188 Å².